The highest BCUT2D eigenvalue weighted by atomic mass is 19.4. The van der Waals surface area contributed by atoms with Crippen LogP contribution in [0.1, 0.15) is 24.8 Å². The van der Waals surface area contributed by atoms with Crippen LogP contribution < -0.4 is 15.0 Å². The van der Waals surface area contributed by atoms with Gasteiger partial charge >= 0.3 is 6.36 Å². The van der Waals surface area contributed by atoms with E-state index in [9.17, 15) is 18.0 Å². The Kier molecular flexibility index (Phi) is 9.06. The summed E-state index contributed by atoms with van der Waals surface area (Å²) in [4.78, 5) is 12.3. The molecule has 2 heterocycles. The molecule has 0 atom stereocenters. The summed E-state index contributed by atoms with van der Waals surface area (Å²) >= 11 is 0. The highest BCUT2D eigenvalue weighted by Gasteiger charge is 2.31. The number of alkyl halides is 3. The Morgan fingerprint density at radius 2 is 2.00 bits per heavy atom. The van der Waals surface area contributed by atoms with Gasteiger partial charge in [-0.3, -0.25) is 0 Å². The lowest BCUT2D eigenvalue weighted by atomic mass is 9.94. The molecule has 1 aromatic heterocycles. The van der Waals surface area contributed by atoms with Gasteiger partial charge in [-0.15, -0.1) is 23.4 Å². The Hall–Kier alpha value is -3.35. The van der Waals surface area contributed by atoms with Crippen LogP contribution in [0.4, 0.5) is 24.8 Å². The Bertz CT molecular complexity index is 861. The summed E-state index contributed by atoms with van der Waals surface area (Å²) in [5, 5.41) is 19.9. The molecule has 1 aliphatic rings. The number of hydrogen-bond donors (Lipinski definition) is 1. The van der Waals surface area contributed by atoms with Crippen LogP contribution in [0.5, 0.6) is 5.75 Å². The van der Waals surface area contributed by atoms with Gasteiger partial charge < -0.3 is 19.7 Å². The third-order valence-corrected chi connectivity index (χ3v) is 4.68. The van der Waals surface area contributed by atoms with Crippen molar-refractivity contribution in [2.75, 3.05) is 30.4 Å². The number of aromatic nitrogens is 2. The number of nitriles is 1. The monoisotopic (exact) mass is 435 g/mol. The molecule has 2 aromatic rings. The lowest BCUT2D eigenvalue weighted by molar-refractivity contribution is -0.274. The van der Waals surface area contributed by atoms with Gasteiger partial charge in [0.1, 0.15) is 17.9 Å². The zero-order valence-corrected chi connectivity index (χ0v) is 17.1. The van der Waals surface area contributed by atoms with E-state index in [0.717, 1.165) is 37.6 Å². The molecular weight excluding hydrogens is 411 g/mol. The molecular formula is C21H24F3N5O2. The molecule has 1 N–H and O–H groups in total. The third-order valence-electron chi connectivity index (χ3n) is 4.68. The quantitative estimate of drug-likeness (QED) is 0.687. The van der Waals surface area contributed by atoms with E-state index < -0.39 is 6.36 Å². The number of nitrogens with zero attached hydrogens (tertiary/aromatic N) is 4. The highest BCUT2D eigenvalue weighted by molar-refractivity contribution is 5.55. The summed E-state index contributed by atoms with van der Waals surface area (Å²) in [6.07, 6.45) is -1.17. The number of hydrogen-bond acceptors (Lipinski definition) is 7. The fourth-order valence-electron chi connectivity index (χ4n) is 3.09. The molecule has 1 aromatic carbocycles. The number of benzene rings is 1. The van der Waals surface area contributed by atoms with Gasteiger partial charge in [0.15, 0.2) is 5.82 Å². The minimum absolute atomic E-state index is 0.0784. The zero-order valence-electron chi connectivity index (χ0n) is 17.1. The fourth-order valence-corrected chi connectivity index (χ4v) is 3.09. The number of nitrogens with one attached hydrogen (secondary N) is 1. The van der Waals surface area contributed by atoms with Crippen LogP contribution in [-0.4, -0.2) is 43.0 Å². The Balaban J connectivity index is 0.000000225. The third kappa shape index (κ3) is 8.50. The maximum Gasteiger partial charge on any atom is 0.573 e. The number of anilines is 2. The summed E-state index contributed by atoms with van der Waals surface area (Å²) in [6.45, 7) is 1.94. The summed E-state index contributed by atoms with van der Waals surface area (Å²) in [5.41, 5.74) is 0.488. The Morgan fingerprint density at radius 1 is 1.26 bits per heavy atom. The van der Waals surface area contributed by atoms with Crippen LogP contribution in [-0.2, 0) is 11.2 Å². The summed E-state index contributed by atoms with van der Waals surface area (Å²) in [7, 11) is 1.83. The van der Waals surface area contributed by atoms with E-state index in [4.69, 9.17) is 5.26 Å². The fraction of sp³-hybridized carbons (Fsp3) is 0.429. The van der Waals surface area contributed by atoms with Crippen molar-refractivity contribution in [2.45, 2.75) is 32.0 Å². The van der Waals surface area contributed by atoms with Crippen LogP contribution in [0.3, 0.4) is 0 Å². The van der Waals surface area contributed by atoms with Crippen LogP contribution in [0, 0.1) is 17.2 Å². The molecule has 0 amide bonds. The molecule has 1 saturated heterocycles. The molecule has 0 unspecified atom stereocenters. The maximum atomic E-state index is 11.8. The van der Waals surface area contributed by atoms with E-state index in [-0.39, 0.29) is 12.2 Å². The minimum Gasteiger partial charge on any atom is -0.406 e. The lowest BCUT2D eigenvalue weighted by Gasteiger charge is -2.31. The van der Waals surface area contributed by atoms with Crippen LogP contribution in [0.15, 0.2) is 36.4 Å². The van der Waals surface area contributed by atoms with Crippen LogP contribution in [0.25, 0.3) is 0 Å². The topological polar surface area (TPSA) is 91.1 Å². The number of halogens is 3. The Labute approximate surface area is 178 Å². The number of aldehydes is 1. The molecule has 7 nitrogen and oxygen atoms in total. The average Bonchev–Trinajstić information content (AvgIpc) is 2.74. The second-order valence-electron chi connectivity index (χ2n) is 6.89. The first kappa shape index (κ1) is 23.9. The van der Waals surface area contributed by atoms with E-state index >= 15 is 0 Å². The van der Waals surface area contributed by atoms with Gasteiger partial charge in [0.25, 0.3) is 0 Å². The molecule has 1 fully saturated rings. The van der Waals surface area contributed by atoms with E-state index in [1.54, 1.807) is 6.07 Å². The molecule has 1 aliphatic heterocycles. The van der Waals surface area contributed by atoms with Gasteiger partial charge in [0, 0.05) is 33.0 Å². The molecule has 0 spiro atoms. The Morgan fingerprint density at radius 3 is 2.55 bits per heavy atom. The number of carbonyl (C=O) groups excluding carboxylic acids is 1. The van der Waals surface area contributed by atoms with E-state index in [2.05, 4.69) is 31.2 Å². The predicted octanol–water partition coefficient (Wildman–Crippen LogP) is 3.97. The lowest BCUT2D eigenvalue weighted by Crippen LogP contribution is -2.34. The summed E-state index contributed by atoms with van der Waals surface area (Å²) in [5.74, 6) is 1.96. The van der Waals surface area contributed by atoms with Crippen LogP contribution in [0.2, 0.25) is 0 Å². The van der Waals surface area contributed by atoms with Gasteiger partial charge in [0.05, 0.1) is 6.07 Å². The normalized spacial score (nSPS) is 14.1. The van der Waals surface area contributed by atoms with E-state index in [1.807, 2.05) is 19.2 Å². The molecule has 0 bridgehead atoms. The smallest absolute Gasteiger partial charge is 0.406 e. The van der Waals surface area contributed by atoms with Crippen molar-refractivity contribution >= 4 is 17.9 Å². The number of rotatable bonds is 6. The highest BCUT2D eigenvalue weighted by Crippen LogP contribution is 2.24. The van der Waals surface area contributed by atoms with Crippen molar-refractivity contribution < 1.29 is 22.7 Å². The zero-order chi connectivity index (χ0) is 22.7. The van der Waals surface area contributed by atoms with Crippen molar-refractivity contribution in [1.82, 2.24) is 10.2 Å². The minimum atomic E-state index is -4.69. The molecule has 3 rings (SSSR count). The summed E-state index contributed by atoms with van der Waals surface area (Å²) in [6, 6.07) is 11.5. The first-order valence-corrected chi connectivity index (χ1v) is 9.76. The second-order valence-corrected chi connectivity index (χ2v) is 6.89. The average molecular weight is 435 g/mol. The first-order valence-electron chi connectivity index (χ1n) is 9.76. The standard InChI is InChI=1S/C12H17N5.C9H7F3O2/c1-14-11-2-3-12(16-15-11)17-8-5-10(4-7-13)6-9-17;10-9(11,12)14-8-3-1-2-7(6-8)4-5-13/h2-3,10H,4-6,8-9H2,1H3,(H,14,15);1-3,5-6H,4H2. The second kappa shape index (κ2) is 11.7. The molecule has 31 heavy (non-hydrogen) atoms. The van der Waals surface area contributed by atoms with Crippen molar-refractivity contribution in [3.8, 4) is 11.8 Å². The van der Waals surface area contributed by atoms with Crippen molar-refractivity contribution in [2.24, 2.45) is 5.92 Å². The van der Waals surface area contributed by atoms with Gasteiger partial charge in [-0.05, 0) is 48.6 Å². The molecule has 10 heteroatoms. The number of piperidine rings is 1. The SMILES string of the molecule is CNc1ccc(N2CCC(CC#N)CC2)nn1.O=CCc1cccc(OC(F)(F)F)c1. The van der Waals surface area contributed by atoms with Gasteiger partial charge in [-0.1, -0.05) is 12.1 Å². The molecule has 166 valence electrons. The molecule has 0 radical (unpaired) electrons. The molecule has 0 saturated carbocycles. The number of ether oxygens (including phenoxy) is 1. The summed E-state index contributed by atoms with van der Waals surface area (Å²) < 4.78 is 39.0. The van der Waals surface area contributed by atoms with Crippen LogP contribution >= 0.6 is 0 Å². The maximum absolute atomic E-state index is 11.8. The van der Waals surface area contributed by atoms with Crippen molar-refractivity contribution in [3.63, 3.8) is 0 Å². The largest absolute Gasteiger partial charge is 0.573 e. The van der Waals surface area contributed by atoms with Gasteiger partial charge in [-0.25, -0.2) is 0 Å². The van der Waals surface area contributed by atoms with Crippen molar-refractivity contribution in [1.29, 1.82) is 5.26 Å². The van der Waals surface area contributed by atoms with E-state index in [0.29, 0.717) is 24.2 Å². The van der Waals surface area contributed by atoms with E-state index in [1.165, 1.54) is 18.2 Å². The van der Waals surface area contributed by atoms with Gasteiger partial charge in [0.2, 0.25) is 0 Å². The van der Waals surface area contributed by atoms with Crippen molar-refractivity contribution in [3.05, 3.63) is 42.0 Å². The first-order chi connectivity index (χ1) is 14.8. The number of carbonyl (C=O) groups is 1. The predicted molar refractivity (Wildman–Crippen MR) is 110 cm³/mol. The molecule has 0 aliphatic carbocycles. The van der Waals surface area contributed by atoms with Gasteiger partial charge in [-0.2, -0.15) is 5.26 Å².